The Morgan fingerprint density at radius 2 is 1.91 bits per heavy atom. The lowest BCUT2D eigenvalue weighted by molar-refractivity contribution is -0.118. The van der Waals surface area contributed by atoms with Gasteiger partial charge in [-0.1, -0.05) is 50.5 Å². The van der Waals surface area contributed by atoms with Crippen LogP contribution < -0.4 is 0 Å². The highest BCUT2D eigenvalue weighted by Gasteiger charge is 2.48. The van der Waals surface area contributed by atoms with Crippen molar-refractivity contribution in [2.45, 2.75) is 70.0 Å². The summed E-state index contributed by atoms with van der Waals surface area (Å²) >= 11 is 0. The van der Waals surface area contributed by atoms with Crippen LogP contribution in [-0.2, 0) is 4.79 Å². The highest BCUT2D eigenvalue weighted by molar-refractivity contribution is 5.81. The fourth-order valence-electron chi connectivity index (χ4n) is 4.54. The van der Waals surface area contributed by atoms with Crippen molar-refractivity contribution >= 4 is 5.78 Å². The summed E-state index contributed by atoms with van der Waals surface area (Å²) in [5.41, 5.74) is 2.07. The van der Waals surface area contributed by atoms with Crippen molar-refractivity contribution < 1.29 is 15.0 Å². The number of hydrogen-bond donors (Lipinski definition) is 2. The van der Waals surface area contributed by atoms with Crippen molar-refractivity contribution in [3.05, 3.63) is 35.4 Å². The maximum atomic E-state index is 11.7. The molecule has 2 fully saturated rings. The monoisotopic (exact) mass is 316 g/mol. The number of carbonyl (C=O) groups is 1. The highest BCUT2D eigenvalue weighted by Crippen LogP contribution is 2.50. The normalized spacial score (nSPS) is 31.3. The zero-order valence-electron chi connectivity index (χ0n) is 13.9. The Labute approximate surface area is 138 Å². The van der Waals surface area contributed by atoms with Crippen LogP contribution >= 0.6 is 0 Å². The van der Waals surface area contributed by atoms with E-state index in [2.05, 4.69) is 6.92 Å². The first-order valence-corrected chi connectivity index (χ1v) is 9.07. The summed E-state index contributed by atoms with van der Waals surface area (Å²) in [5.74, 6) is 1.09. The maximum absolute atomic E-state index is 11.7. The molecule has 2 aliphatic carbocycles. The number of carbonyl (C=O) groups excluding carboxylic acids is 1. The lowest BCUT2D eigenvalue weighted by atomic mass is 9.85. The molecule has 0 bridgehead atoms. The van der Waals surface area contributed by atoms with Gasteiger partial charge in [-0.05, 0) is 35.8 Å². The number of rotatable bonds is 6. The van der Waals surface area contributed by atoms with Crippen molar-refractivity contribution in [2.24, 2.45) is 11.8 Å². The van der Waals surface area contributed by atoms with Crippen molar-refractivity contribution in [3.63, 3.8) is 0 Å². The largest absolute Gasteiger partial charge is 0.392 e. The van der Waals surface area contributed by atoms with Crippen LogP contribution in [0.1, 0.15) is 75.0 Å². The van der Waals surface area contributed by atoms with E-state index in [0.29, 0.717) is 30.5 Å². The van der Waals surface area contributed by atoms with Crippen LogP contribution in [0.15, 0.2) is 24.3 Å². The summed E-state index contributed by atoms with van der Waals surface area (Å²) in [7, 11) is 0. The zero-order valence-corrected chi connectivity index (χ0v) is 13.9. The molecule has 3 nitrogen and oxygen atoms in total. The standard InChI is InChI=1S/C20H28O3/c1-2-3-4-5-18(22)13-6-8-14(9-7-13)20-17-12-16(21)10-15(17)11-19(20)23/h6-9,15,17-20,22-23H,2-5,10-12H2,1H3/t15-,17-,18-,19+,20+/m0/s1. The Balaban J connectivity index is 1.68. The molecule has 3 heteroatoms. The molecule has 0 spiro atoms. The van der Waals surface area contributed by atoms with Gasteiger partial charge in [-0.2, -0.15) is 0 Å². The molecule has 2 saturated carbocycles. The Morgan fingerprint density at radius 1 is 1.17 bits per heavy atom. The van der Waals surface area contributed by atoms with Crippen LogP contribution in [0.25, 0.3) is 0 Å². The van der Waals surface area contributed by atoms with E-state index in [0.717, 1.165) is 43.2 Å². The smallest absolute Gasteiger partial charge is 0.133 e. The number of hydrogen-bond acceptors (Lipinski definition) is 3. The summed E-state index contributed by atoms with van der Waals surface area (Å²) in [5, 5.41) is 20.6. The molecule has 0 unspecified atom stereocenters. The lowest BCUT2D eigenvalue weighted by Crippen LogP contribution is -2.17. The highest BCUT2D eigenvalue weighted by atomic mass is 16.3. The van der Waals surface area contributed by atoms with Crippen molar-refractivity contribution in [3.8, 4) is 0 Å². The number of fused-ring (bicyclic) bond motifs is 1. The molecular weight excluding hydrogens is 288 g/mol. The summed E-state index contributed by atoms with van der Waals surface area (Å²) in [6, 6.07) is 8.06. The number of aliphatic hydroxyl groups is 2. The van der Waals surface area contributed by atoms with Gasteiger partial charge < -0.3 is 10.2 Å². The molecule has 0 heterocycles. The van der Waals surface area contributed by atoms with E-state index in [9.17, 15) is 15.0 Å². The second-order valence-corrected chi connectivity index (χ2v) is 7.38. The topological polar surface area (TPSA) is 57.5 Å². The van der Waals surface area contributed by atoms with Crippen LogP contribution in [0.4, 0.5) is 0 Å². The molecule has 0 saturated heterocycles. The van der Waals surface area contributed by atoms with E-state index < -0.39 is 6.10 Å². The quantitative estimate of drug-likeness (QED) is 0.786. The molecule has 2 N–H and O–H groups in total. The fourth-order valence-corrected chi connectivity index (χ4v) is 4.54. The molecular formula is C20H28O3. The second-order valence-electron chi connectivity index (χ2n) is 7.38. The minimum absolute atomic E-state index is 0.0812. The van der Waals surface area contributed by atoms with E-state index in [1.807, 2.05) is 24.3 Å². The second kappa shape index (κ2) is 7.14. The summed E-state index contributed by atoms with van der Waals surface area (Å²) in [4.78, 5) is 11.7. The van der Waals surface area contributed by atoms with Gasteiger partial charge >= 0.3 is 0 Å². The van der Waals surface area contributed by atoms with E-state index in [-0.39, 0.29) is 12.0 Å². The van der Waals surface area contributed by atoms with Crippen LogP contribution in [0.3, 0.4) is 0 Å². The molecule has 1 aromatic rings. The predicted molar refractivity (Wildman–Crippen MR) is 90.1 cm³/mol. The molecule has 2 aliphatic rings. The third-order valence-electron chi connectivity index (χ3n) is 5.77. The van der Waals surface area contributed by atoms with E-state index in [4.69, 9.17) is 0 Å². The number of unbranched alkanes of at least 4 members (excludes halogenated alkanes) is 2. The minimum atomic E-state index is -0.398. The number of ketones is 1. The number of benzene rings is 1. The Morgan fingerprint density at radius 3 is 2.61 bits per heavy atom. The van der Waals surface area contributed by atoms with Gasteiger partial charge in [0.15, 0.2) is 0 Å². The van der Waals surface area contributed by atoms with E-state index in [1.165, 1.54) is 0 Å². The number of Topliss-reactive ketones (excluding diaryl/α,β-unsaturated/α-hetero) is 1. The summed E-state index contributed by atoms with van der Waals surface area (Å²) in [6.07, 6.45) is 5.45. The van der Waals surface area contributed by atoms with Gasteiger partial charge in [0, 0.05) is 18.8 Å². The summed E-state index contributed by atoms with van der Waals surface area (Å²) in [6.45, 7) is 2.16. The molecule has 23 heavy (non-hydrogen) atoms. The predicted octanol–water partition coefficient (Wildman–Crippen LogP) is 3.74. The maximum Gasteiger partial charge on any atom is 0.133 e. The van der Waals surface area contributed by atoms with Crippen LogP contribution in [-0.4, -0.2) is 22.1 Å². The Kier molecular flexibility index (Phi) is 5.17. The number of aliphatic hydroxyl groups excluding tert-OH is 2. The first-order valence-electron chi connectivity index (χ1n) is 9.07. The van der Waals surface area contributed by atoms with Gasteiger partial charge in [0.2, 0.25) is 0 Å². The first kappa shape index (κ1) is 16.7. The SMILES string of the molecule is CCCCC[C@H](O)c1ccc([C@@H]2[C@H]3CC(=O)C[C@H]3C[C@H]2O)cc1. The van der Waals surface area contributed by atoms with Crippen molar-refractivity contribution in [1.82, 2.24) is 0 Å². The average Bonchev–Trinajstić information content (AvgIpc) is 3.02. The third-order valence-corrected chi connectivity index (χ3v) is 5.77. The average molecular weight is 316 g/mol. The fraction of sp³-hybridized carbons (Fsp3) is 0.650. The molecule has 5 atom stereocenters. The molecule has 0 amide bonds. The Bertz CT molecular complexity index is 536. The molecule has 0 aliphatic heterocycles. The molecule has 0 aromatic heterocycles. The van der Waals surface area contributed by atoms with Gasteiger partial charge in [0.25, 0.3) is 0 Å². The van der Waals surface area contributed by atoms with Crippen molar-refractivity contribution in [1.29, 1.82) is 0 Å². The van der Waals surface area contributed by atoms with E-state index >= 15 is 0 Å². The van der Waals surface area contributed by atoms with Gasteiger partial charge in [-0.15, -0.1) is 0 Å². The first-order chi connectivity index (χ1) is 11.1. The van der Waals surface area contributed by atoms with Crippen LogP contribution in [0, 0.1) is 11.8 Å². The molecule has 3 rings (SSSR count). The van der Waals surface area contributed by atoms with Crippen LogP contribution in [0.2, 0.25) is 0 Å². The lowest BCUT2D eigenvalue weighted by Gasteiger charge is -2.22. The van der Waals surface area contributed by atoms with Gasteiger partial charge in [-0.3, -0.25) is 4.79 Å². The van der Waals surface area contributed by atoms with Gasteiger partial charge in [0.05, 0.1) is 12.2 Å². The summed E-state index contributed by atoms with van der Waals surface area (Å²) < 4.78 is 0. The van der Waals surface area contributed by atoms with E-state index in [1.54, 1.807) is 0 Å². The molecule has 126 valence electrons. The zero-order chi connectivity index (χ0) is 16.4. The Hall–Kier alpha value is -1.19. The third kappa shape index (κ3) is 3.51. The van der Waals surface area contributed by atoms with Gasteiger partial charge in [-0.25, -0.2) is 0 Å². The molecule has 1 aromatic carbocycles. The molecule has 0 radical (unpaired) electrons. The van der Waals surface area contributed by atoms with Crippen molar-refractivity contribution in [2.75, 3.05) is 0 Å². The van der Waals surface area contributed by atoms with Gasteiger partial charge in [0.1, 0.15) is 5.78 Å². The van der Waals surface area contributed by atoms with Crippen LogP contribution in [0.5, 0.6) is 0 Å². The minimum Gasteiger partial charge on any atom is -0.392 e.